The molecule has 0 saturated carbocycles. The fourth-order valence-corrected chi connectivity index (χ4v) is 0.152. The van der Waals surface area contributed by atoms with Gasteiger partial charge in [0.05, 0.1) is 19.0 Å². The second-order valence-corrected chi connectivity index (χ2v) is 0.881. The Morgan fingerprint density at radius 2 is 2.43 bits per heavy atom. The van der Waals surface area contributed by atoms with Crippen LogP contribution in [0.15, 0.2) is 4.99 Å². The molecule has 0 saturated heterocycles. The molecule has 0 fully saturated rings. The highest BCUT2D eigenvalue weighted by molar-refractivity contribution is 5.32. The SMILES string of the molecule is N#CCCN=C=O. The van der Waals surface area contributed by atoms with Crippen LogP contribution in [0.3, 0.4) is 0 Å². The summed E-state index contributed by atoms with van der Waals surface area (Å²) in [6, 6.07) is 1.83. The summed E-state index contributed by atoms with van der Waals surface area (Å²) in [5.74, 6) is 0. The Bertz CT molecular complexity index is 118. The summed E-state index contributed by atoms with van der Waals surface area (Å²) >= 11 is 0. The zero-order valence-electron chi connectivity index (χ0n) is 3.72. The van der Waals surface area contributed by atoms with Gasteiger partial charge < -0.3 is 0 Å². The zero-order chi connectivity index (χ0) is 5.54. The van der Waals surface area contributed by atoms with Gasteiger partial charge in [-0.25, -0.2) is 9.79 Å². The van der Waals surface area contributed by atoms with Crippen molar-refractivity contribution in [2.75, 3.05) is 6.54 Å². The van der Waals surface area contributed by atoms with Crippen LogP contribution in [0.5, 0.6) is 0 Å². The number of rotatable bonds is 2. The first-order chi connectivity index (χ1) is 3.41. The molecule has 0 bridgehead atoms. The van der Waals surface area contributed by atoms with E-state index in [4.69, 9.17) is 5.26 Å². The Kier molecular flexibility index (Phi) is 4.08. The van der Waals surface area contributed by atoms with E-state index in [0.29, 0.717) is 6.42 Å². The first-order valence-electron chi connectivity index (χ1n) is 1.82. The zero-order valence-corrected chi connectivity index (χ0v) is 3.72. The van der Waals surface area contributed by atoms with E-state index in [0.717, 1.165) is 0 Å². The Morgan fingerprint density at radius 1 is 1.71 bits per heavy atom. The summed E-state index contributed by atoms with van der Waals surface area (Å²) in [4.78, 5) is 12.4. The molecule has 7 heavy (non-hydrogen) atoms. The summed E-state index contributed by atoms with van der Waals surface area (Å²) in [7, 11) is 0. The second kappa shape index (κ2) is 4.87. The molecule has 0 amide bonds. The molecule has 0 rings (SSSR count). The maximum absolute atomic E-state index is 9.28. The summed E-state index contributed by atoms with van der Waals surface area (Å²) in [6.07, 6.45) is 1.63. The van der Waals surface area contributed by atoms with E-state index in [9.17, 15) is 4.79 Å². The predicted molar refractivity (Wildman–Crippen MR) is 23.2 cm³/mol. The highest BCUT2D eigenvalue weighted by atomic mass is 16.1. The number of hydrogen-bond donors (Lipinski definition) is 0. The number of nitriles is 1. The van der Waals surface area contributed by atoms with Gasteiger partial charge in [0.25, 0.3) is 0 Å². The maximum Gasteiger partial charge on any atom is 0.234 e. The number of isocyanates is 1. The molecule has 0 spiro atoms. The van der Waals surface area contributed by atoms with Crippen molar-refractivity contribution in [2.45, 2.75) is 6.42 Å². The molecule has 3 nitrogen and oxygen atoms in total. The van der Waals surface area contributed by atoms with Crippen molar-refractivity contribution in [1.29, 1.82) is 5.26 Å². The van der Waals surface area contributed by atoms with Crippen molar-refractivity contribution in [3.05, 3.63) is 0 Å². The van der Waals surface area contributed by atoms with Gasteiger partial charge in [0.15, 0.2) is 0 Å². The molecule has 0 aliphatic rings. The van der Waals surface area contributed by atoms with Crippen LogP contribution in [0.2, 0.25) is 0 Å². The molecule has 0 aromatic rings. The van der Waals surface area contributed by atoms with Crippen LogP contribution >= 0.6 is 0 Å². The fourth-order valence-electron chi connectivity index (χ4n) is 0.152. The molecule has 0 aromatic heterocycles. The van der Waals surface area contributed by atoms with Crippen molar-refractivity contribution >= 4 is 6.08 Å². The van der Waals surface area contributed by atoms with Crippen molar-refractivity contribution in [2.24, 2.45) is 4.99 Å². The van der Waals surface area contributed by atoms with Gasteiger partial charge in [0.1, 0.15) is 0 Å². The van der Waals surface area contributed by atoms with E-state index in [1.54, 1.807) is 0 Å². The lowest BCUT2D eigenvalue weighted by molar-refractivity contribution is 0.563. The Hall–Kier alpha value is -1.13. The standard InChI is InChI=1S/C4H4N2O/c5-2-1-3-6-4-7/h1,3H2. The molecule has 0 aromatic carbocycles. The molecule has 0 aliphatic heterocycles. The normalized spacial score (nSPS) is 6.14. The van der Waals surface area contributed by atoms with Gasteiger partial charge in [-0.05, 0) is 0 Å². The smallest absolute Gasteiger partial charge is 0.211 e. The molecular formula is C4H4N2O. The van der Waals surface area contributed by atoms with Crippen LogP contribution in [0.25, 0.3) is 0 Å². The molecule has 36 valence electrons. The van der Waals surface area contributed by atoms with E-state index in [2.05, 4.69) is 4.99 Å². The lowest BCUT2D eigenvalue weighted by Crippen LogP contribution is -1.72. The highest BCUT2D eigenvalue weighted by Gasteiger charge is 1.73. The molecule has 0 aliphatic carbocycles. The van der Waals surface area contributed by atoms with Crippen LogP contribution in [0.1, 0.15) is 6.42 Å². The van der Waals surface area contributed by atoms with E-state index < -0.39 is 0 Å². The minimum Gasteiger partial charge on any atom is -0.211 e. The van der Waals surface area contributed by atoms with Crippen LogP contribution in [-0.2, 0) is 4.79 Å². The van der Waals surface area contributed by atoms with Crippen LogP contribution in [0, 0.1) is 11.3 Å². The summed E-state index contributed by atoms with van der Waals surface area (Å²) in [5, 5.41) is 7.85. The molecule has 0 radical (unpaired) electrons. The fraction of sp³-hybridized carbons (Fsp3) is 0.500. The monoisotopic (exact) mass is 96.0 g/mol. The highest BCUT2D eigenvalue weighted by Crippen LogP contribution is 1.71. The van der Waals surface area contributed by atoms with Gasteiger partial charge >= 0.3 is 0 Å². The first kappa shape index (κ1) is 5.87. The van der Waals surface area contributed by atoms with E-state index >= 15 is 0 Å². The summed E-state index contributed by atoms with van der Waals surface area (Å²) < 4.78 is 0. The lowest BCUT2D eigenvalue weighted by atomic mass is 10.5. The molecule has 0 atom stereocenters. The van der Waals surface area contributed by atoms with E-state index in [-0.39, 0.29) is 6.54 Å². The molecular weight excluding hydrogens is 92.1 g/mol. The largest absolute Gasteiger partial charge is 0.234 e. The molecule has 0 N–H and O–H groups in total. The summed E-state index contributed by atoms with van der Waals surface area (Å²) in [5.41, 5.74) is 0. The van der Waals surface area contributed by atoms with Gasteiger partial charge in [0.2, 0.25) is 6.08 Å². The third-order valence-corrected chi connectivity index (χ3v) is 0.400. The number of aliphatic imine (C=N–C) groups is 1. The predicted octanol–water partition coefficient (Wildman–Crippen LogP) is 0.236. The summed E-state index contributed by atoms with van der Waals surface area (Å²) in [6.45, 7) is 0.278. The Balaban J connectivity index is 3.03. The minimum atomic E-state index is 0.278. The Labute approximate surface area is 41.3 Å². The third-order valence-electron chi connectivity index (χ3n) is 0.400. The van der Waals surface area contributed by atoms with Crippen LogP contribution in [0.4, 0.5) is 0 Å². The van der Waals surface area contributed by atoms with Gasteiger partial charge in [-0.1, -0.05) is 0 Å². The minimum absolute atomic E-state index is 0.278. The molecule has 0 unspecified atom stereocenters. The topological polar surface area (TPSA) is 53.2 Å². The van der Waals surface area contributed by atoms with Crippen LogP contribution < -0.4 is 0 Å². The number of carbonyl (C=O) groups excluding carboxylic acids is 1. The van der Waals surface area contributed by atoms with Gasteiger partial charge in [-0.15, -0.1) is 0 Å². The quantitative estimate of drug-likeness (QED) is 0.281. The second-order valence-electron chi connectivity index (χ2n) is 0.881. The number of hydrogen-bond acceptors (Lipinski definition) is 3. The van der Waals surface area contributed by atoms with E-state index in [1.165, 1.54) is 6.08 Å². The third kappa shape index (κ3) is 4.87. The average molecular weight is 96.1 g/mol. The van der Waals surface area contributed by atoms with Gasteiger partial charge in [-0.3, -0.25) is 0 Å². The van der Waals surface area contributed by atoms with Gasteiger partial charge in [0, 0.05) is 0 Å². The number of nitrogens with zero attached hydrogens (tertiary/aromatic N) is 2. The van der Waals surface area contributed by atoms with Crippen LogP contribution in [-0.4, -0.2) is 12.6 Å². The van der Waals surface area contributed by atoms with Gasteiger partial charge in [-0.2, -0.15) is 5.26 Å². The van der Waals surface area contributed by atoms with Crippen molar-refractivity contribution in [1.82, 2.24) is 0 Å². The average Bonchev–Trinajstić information content (AvgIpc) is 1.69. The first-order valence-corrected chi connectivity index (χ1v) is 1.82. The lowest BCUT2D eigenvalue weighted by Gasteiger charge is -1.69. The van der Waals surface area contributed by atoms with Crippen molar-refractivity contribution in [3.63, 3.8) is 0 Å². The molecule has 0 heterocycles. The van der Waals surface area contributed by atoms with Crippen molar-refractivity contribution in [3.8, 4) is 6.07 Å². The molecule has 3 heteroatoms. The maximum atomic E-state index is 9.28. The van der Waals surface area contributed by atoms with Crippen molar-refractivity contribution < 1.29 is 4.79 Å². The Morgan fingerprint density at radius 3 is 2.86 bits per heavy atom. The van der Waals surface area contributed by atoms with E-state index in [1.807, 2.05) is 6.07 Å².